The van der Waals surface area contributed by atoms with Crippen LogP contribution in [-0.4, -0.2) is 40.3 Å². The summed E-state index contributed by atoms with van der Waals surface area (Å²) in [5.41, 5.74) is 9.68. The summed E-state index contributed by atoms with van der Waals surface area (Å²) < 4.78 is 4.93. The number of anilines is 4. The van der Waals surface area contributed by atoms with Crippen molar-refractivity contribution in [3.63, 3.8) is 0 Å². The van der Waals surface area contributed by atoms with Crippen LogP contribution in [0.4, 0.5) is 23.0 Å². The molecule has 0 amide bonds. The molecule has 6 aromatic carbocycles. The second-order valence-corrected chi connectivity index (χ2v) is 17.6. The summed E-state index contributed by atoms with van der Waals surface area (Å²) in [7, 11) is 4.36. The number of hydrogen-bond acceptors (Lipinski definition) is 6. The molecule has 6 nitrogen and oxygen atoms in total. The first-order valence-corrected chi connectivity index (χ1v) is 22.2. The summed E-state index contributed by atoms with van der Waals surface area (Å²) in [6, 6.07) is 61.7. The highest BCUT2D eigenvalue weighted by Crippen LogP contribution is 2.47. The summed E-state index contributed by atoms with van der Waals surface area (Å²) in [5, 5.41) is 4.93. The molecule has 0 bridgehead atoms. The molecule has 0 aliphatic carbocycles. The molecule has 0 saturated carbocycles. The Labute approximate surface area is 359 Å². The summed E-state index contributed by atoms with van der Waals surface area (Å²) in [5.74, 6) is 2.41. The molecule has 1 fully saturated rings. The number of hydrogen-bond donors (Lipinski definition) is 0. The van der Waals surface area contributed by atoms with Crippen molar-refractivity contribution < 1.29 is 9.13 Å². The number of fused-ring (bicyclic) bond motifs is 4. The third-order valence-electron chi connectivity index (χ3n) is 12.0. The molecule has 0 atom stereocenters. The highest BCUT2D eigenvalue weighted by molar-refractivity contribution is 8.04. The molecule has 3 aliphatic rings. The van der Waals surface area contributed by atoms with Gasteiger partial charge in [-0.15, -0.1) is 0 Å². The van der Waals surface area contributed by atoms with Gasteiger partial charge in [0.05, 0.1) is 21.4 Å². The van der Waals surface area contributed by atoms with Crippen molar-refractivity contribution >= 4 is 80.5 Å². The van der Waals surface area contributed by atoms with Gasteiger partial charge in [-0.2, -0.15) is 9.13 Å². The molecule has 3 aliphatic heterocycles. The Kier molecular flexibility index (Phi) is 9.32. The van der Waals surface area contributed by atoms with Gasteiger partial charge in [-0.05, 0) is 83.9 Å². The summed E-state index contributed by atoms with van der Waals surface area (Å²) in [6.07, 6.45) is 4.77. The molecule has 8 aromatic rings. The fraction of sp³-hybridized carbons (Fsp3) is 0.115. The summed E-state index contributed by atoms with van der Waals surface area (Å²) in [6.45, 7) is 3.47. The van der Waals surface area contributed by atoms with Crippen molar-refractivity contribution in [2.75, 3.05) is 59.9 Å². The van der Waals surface area contributed by atoms with Crippen molar-refractivity contribution in [1.82, 2.24) is 0 Å². The quantitative estimate of drug-likeness (QED) is 0.155. The molecule has 1 saturated heterocycles. The Morgan fingerprint density at radius 1 is 0.433 bits per heavy atom. The number of aromatic nitrogens is 2. The number of pyridine rings is 2. The van der Waals surface area contributed by atoms with Crippen LogP contribution >= 0.6 is 23.5 Å². The van der Waals surface area contributed by atoms with Gasteiger partial charge in [0.2, 0.25) is 0 Å². The summed E-state index contributed by atoms with van der Waals surface area (Å²) >= 11 is 3.69. The fourth-order valence-corrected chi connectivity index (χ4v) is 11.2. The first-order chi connectivity index (χ1) is 29.6. The van der Waals surface area contributed by atoms with E-state index in [0.29, 0.717) is 0 Å². The van der Waals surface area contributed by atoms with Gasteiger partial charge < -0.3 is 9.80 Å². The lowest BCUT2D eigenvalue weighted by molar-refractivity contribution is -0.555. The minimum atomic E-state index is 0.868. The molecular formula is C52H44N6S2+2. The maximum Gasteiger partial charge on any atom is 0.283 e. The first kappa shape index (κ1) is 36.6. The Morgan fingerprint density at radius 3 is 1.22 bits per heavy atom. The molecule has 0 radical (unpaired) electrons. The third kappa shape index (κ3) is 6.38. The van der Waals surface area contributed by atoms with E-state index >= 15 is 0 Å². The minimum Gasteiger partial charge on any atom is -0.338 e. The van der Waals surface area contributed by atoms with Crippen LogP contribution in [0, 0.1) is 0 Å². The van der Waals surface area contributed by atoms with E-state index in [-0.39, 0.29) is 0 Å². The number of nitrogens with zero attached hydrogens (tertiary/aromatic N) is 6. The predicted molar refractivity (Wildman–Crippen MR) is 253 cm³/mol. The van der Waals surface area contributed by atoms with E-state index in [1.165, 1.54) is 75.8 Å². The zero-order chi connectivity index (χ0) is 40.2. The van der Waals surface area contributed by atoms with E-state index in [4.69, 9.17) is 0 Å². The largest absolute Gasteiger partial charge is 0.338 e. The second-order valence-electron chi connectivity index (χ2n) is 15.5. The van der Waals surface area contributed by atoms with Crippen molar-refractivity contribution in [2.45, 2.75) is 9.79 Å². The number of para-hydroxylation sites is 6. The monoisotopic (exact) mass is 816 g/mol. The van der Waals surface area contributed by atoms with Gasteiger partial charge in [-0.25, -0.2) is 0 Å². The van der Waals surface area contributed by atoms with Gasteiger partial charge in [0.15, 0.2) is 0 Å². The number of piperazine rings is 1. The van der Waals surface area contributed by atoms with Gasteiger partial charge in [0.25, 0.3) is 11.6 Å². The molecule has 292 valence electrons. The minimum absolute atomic E-state index is 0.868. The average Bonchev–Trinajstić information content (AvgIpc) is 3.80. The van der Waals surface area contributed by atoms with Crippen LogP contribution in [0.1, 0.15) is 11.1 Å². The normalized spacial score (nSPS) is 16.4. The van der Waals surface area contributed by atoms with Crippen LogP contribution in [-0.2, 0) is 0 Å². The van der Waals surface area contributed by atoms with E-state index in [1.54, 1.807) is 0 Å². The van der Waals surface area contributed by atoms with E-state index in [1.807, 2.05) is 23.5 Å². The van der Waals surface area contributed by atoms with Crippen LogP contribution in [0.3, 0.4) is 0 Å². The van der Waals surface area contributed by atoms with Gasteiger partial charge in [-0.3, -0.25) is 9.80 Å². The van der Waals surface area contributed by atoms with Gasteiger partial charge >= 0.3 is 0 Å². The molecule has 8 heteroatoms. The molecule has 0 spiro atoms. The van der Waals surface area contributed by atoms with Crippen molar-refractivity contribution in [1.29, 1.82) is 0 Å². The van der Waals surface area contributed by atoms with Crippen molar-refractivity contribution in [3.8, 4) is 11.4 Å². The average molecular weight is 817 g/mol. The molecule has 2 aromatic heterocycles. The smallest absolute Gasteiger partial charge is 0.283 e. The fourth-order valence-electron chi connectivity index (χ4n) is 8.96. The number of benzene rings is 6. The van der Waals surface area contributed by atoms with Gasteiger partial charge in [-0.1, -0.05) is 121 Å². The van der Waals surface area contributed by atoms with Gasteiger partial charge in [0.1, 0.15) is 48.6 Å². The molecule has 60 heavy (non-hydrogen) atoms. The van der Waals surface area contributed by atoms with Crippen molar-refractivity contribution in [3.05, 3.63) is 191 Å². The van der Waals surface area contributed by atoms with E-state index in [9.17, 15) is 0 Å². The van der Waals surface area contributed by atoms with E-state index < -0.39 is 0 Å². The lowest BCUT2D eigenvalue weighted by Crippen LogP contribution is -2.53. The molecular weight excluding hydrogens is 773 g/mol. The zero-order valence-electron chi connectivity index (χ0n) is 33.6. The Bertz CT molecular complexity index is 2790. The molecule has 0 unspecified atom stereocenters. The molecule has 5 heterocycles. The first-order valence-electron chi connectivity index (χ1n) is 20.6. The lowest BCUT2D eigenvalue weighted by atomic mass is 10.1. The van der Waals surface area contributed by atoms with Crippen LogP contribution < -0.4 is 28.7 Å². The van der Waals surface area contributed by atoms with Crippen LogP contribution in [0.15, 0.2) is 190 Å². The predicted octanol–water partition coefficient (Wildman–Crippen LogP) is 11.0. The molecule has 0 N–H and O–H groups in total. The van der Waals surface area contributed by atoms with Crippen LogP contribution in [0.25, 0.3) is 45.3 Å². The Hall–Kier alpha value is -6.48. The lowest BCUT2D eigenvalue weighted by Gasteiger charge is -2.30. The Morgan fingerprint density at radius 2 is 0.800 bits per heavy atom. The maximum absolute atomic E-state index is 2.59. The van der Waals surface area contributed by atoms with E-state index in [2.05, 4.69) is 225 Å². The van der Waals surface area contributed by atoms with Crippen molar-refractivity contribution in [2.24, 2.45) is 0 Å². The maximum atomic E-state index is 2.59. The third-order valence-corrected chi connectivity index (χ3v) is 14.3. The number of rotatable bonds is 6. The van der Waals surface area contributed by atoms with Crippen LogP contribution in [0.2, 0.25) is 0 Å². The summed E-state index contributed by atoms with van der Waals surface area (Å²) in [4.78, 5) is 12.4. The second kappa shape index (κ2) is 15.3. The van der Waals surface area contributed by atoms with Crippen LogP contribution in [0.5, 0.6) is 0 Å². The zero-order valence-corrected chi connectivity index (χ0v) is 35.3. The highest BCUT2D eigenvalue weighted by Gasteiger charge is 2.35. The SMILES string of the molecule is CN1C(=Cc2cc(N3CCN(c4cc(C=C5Sc6ccccc6N5C)c5ccccc5[n+]4-c4ccccc4)CC3)[n+](-c3ccccc3)c3ccccc23)Sc2ccccc21. The highest BCUT2D eigenvalue weighted by atomic mass is 32.2. The van der Waals surface area contributed by atoms with E-state index in [0.717, 1.165) is 37.6 Å². The van der Waals surface area contributed by atoms with Gasteiger partial charge in [0, 0.05) is 46.8 Å². The standard InChI is InChI=1S/C52H44N6S2/c1-53-45-25-13-15-27-47(45)59-51(53)35-37-33-49(57(39-17-5-3-6-18-39)43-23-11-9-21-41(37)43)55-29-31-56(32-30-55)50-34-38(36-52-54(2)46-26-14-16-28-48(46)60-52)42-22-10-12-24-44(42)58(50)40-19-7-4-8-20-40/h3-28,33-36H,29-32H2,1-2H3/q+2. The number of thioether (sulfide) groups is 2. The molecule has 11 rings (SSSR count). The Balaban J connectivity index is 1.01. The topological polar surface area (TPSA) is 20.7 Å².